The van der Waals surface area contributed by atoms with Gasteiger partial charge in [-0.1, -0.05) is 30.3 Å². The molecule has 3 amide bonds. The van der Waals surface area contributed by atoms with Crippen LogP contribution in [-0.4, -0.2) is 69.8 Å². The van der Waals surface area contributed by atoms with Crippen LogP contribution < -0.4 is 21.7 Å². The van der Waals surface area contributed by atoms with Gasteiger partial charge in [0.2, 0.25) is 17.7 Å². The third-order valence-electron chi connectivity index (χ3n) is 3.58. The van der Waals surface area contributed by atoms with Crippen molar-refractivity contribution in [1.29, 1.82) is 0 Å². The SMILES string of the molecule is CCNC(=O)[C@H](Cc1ccccc1)NC(=O)COCCNC(=O)COCCN. The molecule has 0 aliphatic rings. The minimum Gasteiger partial charge on any atom is -0.370 e. The molecule has 1 atom stereocenters. The predicted molar refractivity (Wildman–Crippen MR) is 104 cm³/mol. The lowest BCUT2D eigenvalue weighted by Gasteiger charge is -2.18. The Kier molecular flexibility index (Phi) is 12.2. The maximum atomic E-state index is 12.2. The summed E-state index contributed by atoms with van der Waals surface area (Å²) >= 11 is 0. The van der Waals surface area contributed by atoms with Gasteiger partial charge in [-0.05, 0) is 12.5 Å². The lowest BCUT2D eigenvalue weighted by Crippen LogP contribution is -2.49. The minimum absolute atomic E-state index is 0.0641. The van der Waals surface area contributed by atoms with Gasteiger partial charge in [0.1, 0.15) is 19.3 Å². The Labute approximate surface area is 165 Å². The third-order valence-corrected chi connectivity index (χ3v) is 3.58. The van der Waals surface area contributed by atoms with E-state index in [1.807, 2.05) is 37.3 Å². The van der Waals surface area contributed by atoms with Gasteiger partial charge >= 0.3 is 0 Å². The van der Waals surface area contributed by atoms with Crippen LogP contribution in [0.25, 0.3) is 0 Å². The van der Waals surface area contributed by atoms with Crippen molar-refractivity contribution in [2.45, 2.75) is 19.4 Å². The second-order valence-corrected chi connectivity index (χ2v) is 5.95. The van der Waals surface area contributed by atoms with Gasteiger partial charge in [0, 0.05) is 26.1 Å². The van der Waals surface area contributed by atoms with Crippen LogP contribution in [0.15, 0.2) is 30.3 Å². The Balaban J connectivity index is 2.32. The largest absolute Gasteiger partial charge is 0.370 e. The zero-order valence-electron chi connectivity index (χ0n) is 16.2. The molecule has 1 rings (SSSR count). The molecule has 5 N–H and O–H groups in total. The first kappa shape index (κ1) is 23.5. The van der Waals surface area contributed by atoms with Gasteiger partial charge < -0.3 is 31.2 Å². The quantitative estimate of drug-likeness (QED) is 0.298. The average Bonchev–Trinajstić information content (AvgIpc) is 2.68. The van der Waals surface area contributed by atoms with Crippen molar-refractivity contribution >= 4 is 17.7 Å². The van der Waals surface area contributed by atoms with Crippen LogP contribution in [0.1, 0.15) is 12.5 Å². The van der Waals surface area contributed by atoms with E-state index in [9.17, 15) is 14.4 Å². The summed E-state index contributed by atoms with van der Waals surface area (Å²) in [4.78, 5) is 35.7. The number of carbonyl (C=O) groups excluding carboxylic acids is 3. The normalized spacial score (nSPS) is 11.5. The predicted octanol–water partition coefficient (Wildman–Crippen LogP) is -1.04. The molecule has 0 aliphatic carbocycles. The van der Waals surface area contributed by atoms with Crippen LogP contribution >= 0.6 is 0 Å². The summed E-state index contributed by atoms with van der Waals surface area (Å²) < 4.78 is 10.2. The van der Waals surface area contributed by atoms with Crippen LogP contribution in [0.2, 0.25) is 0 Å². The molecule has 0 aliphatic heterocycles. The number of nitrogens with two attached hydrogens (primary N) is 1. The first-order valence-electron chi connectivity index (χ1n) is 9.30. The second-order valence-electron chi connectivity index (χ2n) is 5.95. The highest BCUT2D eigenvalue weighted by molar-refractivity contribution is 5.88. The molecule has 1 aromatic carbocycles. The molecule has 1 aromatic rings. The smallest absolute Gasteiger partial charge is 0.246 e. The monoisotopic (exact) mass is 394 g/mol. The molecule has 0 bridgehead atoms. The van der Waals surface area contributed by atoms with E-state index in [2.05, 4.69) is 16.0 Å². The van der Waals surface area contributed by atoms with E-state index in [1.54, 1.807) is 0 Å². The van der Waals surface area contributed by atoms with Crippen LogP contribution in [0, 0.1) is 0 Å². The Hall–Kier alpha value is -2.49. The highest BCUT2D eigenvalue weighted by Gasteiger charge is 2.20. The Morgan fingerprint density at radius 3 is 2.36 bits per heavy atom. The zero-order valence-corrected chi connectivity index (χ0v) is 16.2. The van der Waals surface area contributed by atoms with E-state index in [4.69, 9.17) is 15.2 Å². The van der Waals surface area contributed by atoms with Crippen LogP contribution in [0.4, 0.5) is 0 Å². The number of benzene rings is 1. The molecular weight excluding hydrogens is 364 g/mol. The molecule has 9 nitrogen and oxygen atoms in total. The highest BCUT2D eigenvalue weighted by atomic mass is 16.5. The molecule has 28 heavy (non-hydrogen) atoms. The standard InChI is InChI=1S/C19H30N4O5/c1-2-21-19(26)16(12-15-6-4-3-5-7-15)23-18(25)14-28-11-9-22-17(24)13-27-10-8-20/h3-7,16H,2,8-14,20H2,1H3,(H,21,26)(H,22,24)(H,23,25)/t16-/m0/s1. The molecular formula is C19H30N4O5. The molecule has 0 fully saturated rings. The summed E-state index contributed by atoms with van der Waals surface area (Å²) in [5, 5.41) is 8.01. The first-order chi connectivity index (χ1) is 13.6. The number of hydrogen-bond donors (Lipinski definition) is 4. The Morgan fingerprint density at radius 1 is 1.00 bits per heavy atom. The summed E-state index contributed by atoms with van der Waals surface area (Å²) in [5.41, 5.74) is 6.20. The van der Waals surface area contributed by atoms with Crippen molar-refractivity contribution in [1.82, 2.24) is 16.0 Å². The van der Waals surface area contributed by atoms with E-state index < -0.39 is 11.9 Å². The number of nitrogens with one attached hydrogen (secondary N) is 3. The molecule has 0 aromatic heterocycles. The van der Waals surface area contributed by atoms with Gasteiger partial charge in [-0.2, -0.15) is 0 Å². The molecule has 0 spiro atoms. The molecule has 9 heteroatoms. The fourth-order valence-electron chi connectivity index (χ4n) is 2.32. The summed E-state index contributed by atoms with van der Waals surface area (Å²) in [6.07, 6.45) is 0.386. The lowest BCUT2D eigenvalue weighted by atomic mass is 10.1. The first-order valence-corrected chi connectivity index (χ1v) is 9.30. The molecule has 0 radical (unpaired) electrons. The Bertz CT molecular complexity index is 597. The number of carbonyl (C=O) groups is 3. The van der Waals surface area contributed by atoms with E-state index >= 15 is 0 Å². The molecule has 0 heterocycles. The maximum Gasteiger partial charge on any atom is 0.246 e. The van der Waals surface area contributed by atoms with E-state index in [-0.39, 0.29) is 38.2 Å². The third kappa shape index (κ3) is 10.6. The Morgan fingerprint density at radius 2 is 1.68 bits per heavy atom. The van der Waals surface area contributed by atoms with Crippen LogP contribution in [0.3, 0.4) is 0 Å². The molecule has 0 unspecified atom stereocenters. The fraction of sp³-hybridized carbons (Fsp3) is 0.526. The van der Waals surface area contributed by atoms with Crippen molar-refractivity contribution in [2.24, 2.45) is 5.73 Å². The van der Waals surface area contributed by atoms with Crippen molar-refractivity contribution < 1.29 is 23.9 Å². The number of hydrogen-bond acceptors (Lipinski definition) is 6. The van der Waals surface area contributed by atoms with Crippen LogP contribution in [0.5, 0.6) is 0 Å². The average molecular weight is 394 g/mol. The summed E-state index contributed by atoms with van der Waals surface area (Å²) in [7, 11) is 0. The topological polar surface area (TPSA) is 132 Å². The van der Waals surface area contributed by atoms with Gasteiger partial charge in [0.15, 0.2) is 0 Å². The number of rotatable bonds is 14. The fourth-order valence-corrected chi connectivity index (χ4v) is 2.32. The van der Waals surface area contributed by atoms with E-state index in [0.717, 1.165) is 5.56 Å². The van der Waals surface area contributed by atoms with Crippen molar-refractivity contribution in [3.63, 3.8) is 0 Å². The number of amides is 3. The van der Waals surface area contributed by atoms with Gasteiger partial charge in [0.05, 0.1) is 13.2 Å². The number of ether oxygens (including phenoxy) is 2. The summed E-state index contributed by atoms with van der Waals surface area (Å²) in [6.45, 7) is 3.12. The second kappa shape index (κ2) is 14.6. The van der Waals surface area contributed by atoms with Gasteiger partial charge in [-0.15, -0.1) is 0 Å². The van der Waals surface area contributed by atoms with Crippen LogP contribution in [-0.2, 0) is 30.3 Å². The van der Waals surface area contributed by atoms with Gasteiger partial charge in [-0.25, -0.2) is 0 Å². The van der Waals surface area contributed by atoms with E-state index in [1.165, 1.54) is 0 Å². The molecule has 0 saturated carbocycles. The van der Waals surface area contributed by atoms with Gasteiger partial charge in [-0.3, -0.25) is 14.4 Å². The van der Waals surface area contributed by atoms with E-state index in [0.29, 0.717) is 26.1 Å². The lowest BCUT2D eigenvalue weighted by molar-refractivity contribution is -0.131. The number of likely N-dealkylation sites (N-methyl/N-ethyl adjacent to an activating group) is 1. The summed E-state index contributed by atoms with van der Waals surface area (Å²) in [6, 6.07) is 8.76. The summed E-state index contributed by atoms with van der Waals surface area (Å²) in [5.74, 6) is -0.921. The zero-order chi connectivity index (χ0) is 20.6. The maximum absolute atomic E-state index is 12.2. The highest BCUT2D eigenvalue weighted by Crippen LogP contribution is 2.03. The van der Waals surface area contributed by atoms with Crippen molar-refractivity contribution in [3.8, 4) is 0 Å². The minimum atomic E-state index is -0.683. The van der Waals surface area contributed by atoms with Crippen molar-refractivity contribution in [2.75, 3.05) is 46.1 Å². The van der Waals surface area contributed by atoms with Crippen molar-refractivity contribution in [3.05, 3.63) is 35.9 Å². The van der Waals surface area contributed by atoms with Gasteiger partial charge in [0.25, 0.3) is 0 Å². The molecule has 0 saturated heterocycles. The molecule has 156 valence electrons.